The maximum absolute atomic E-state index is 10.7. The Morgan fingerprint density at radius 1 is 1.45 bits per heavy atom. The number of amides is 1. The summed E-state index contributed by atoms with van der Waals surface area (Å²) >= 11 is 0. The van der Waals surface area contributed by atoms with Crippen LogP contribution in [0.4, 0.5) is 10.6 Å². The van der Waals surface area contributed by atoms with Gasteiger partial charge in [0.15, 0.2) is 6.10 Å². The zero-order chi connectivity index (χ0) is 15.5. The van der Waals surface area contributed by atoms with Crippen LogP contribution in [-0.2, 0) is 4.74 Å². The van der Waals surface area contributed by atoms with Crippen molar-refractivity contribution in [2.75, 3.05) is 18.0 Å². The molecule has 22 heavy (non-hydrogen) atoms. The Bertz CT molecular complexity index is 666. The lowest BCUT2D eigenvalue weighted by Crippen LogP contribution is -2.18. The van der Waals surface area contributed by atoms with Crippen LogP contribution in [0, 0.1) is 0 Å². The van der Waals surface area contributed by atoms with Gasteiger partial charge < -0.3 is 19.9 Å². The van der Waals surface area contributed by atoms with Crippen LogP contribution in [0.2, 0.25) is 0 Å². The van der Waals surface area contributed by atoms with E-state index in [9.17, 15) is 4.79 Å². The monoisotopic (exact) mass is 303 g/mol. The van der Waals surface area contributed by atoms with Crippen molar-refractivity contribution in [2.24, 2.45) is 5.73 Å². The number of aromatic nitrogens is 3. The van der Waals surface area contributed by atoms with Gasteiger partial charge in [0, 0.05) is 24.8 Å². The van der Waals surface area contributed by atoms with Crippen molar-refractivity contribution < 1.29 is 14.1 Å². The second-order valence-corrected chi connectivity index (χ2v) is 5.13. The predicted molar refractivity (Wildman–Crippen MR) is 78.1 cm³/mol. The summed E-state index contributed by atoms with van der Waals surface area (Å²) in [5.74, 6) is 1.54. The van der Waals surface area contributed by atoms with Crippen molar-refractivity contribution in [1.82, 2.24) is 15.1 Å². The van der Waals surface area contributed by atoms with E-state index in [4.69, 9.17) is 15.0 Å². The summed E-state index contributed by atoms with van der Waals surface area (Å²) in [6.07, 6.45) is 2.52. The fraction of sp³-hybridized carbons (Fsp3) is 0.429. The molecule has 3 rings (SSSR count). The van der Waals surface area contributed by atoms with E-state index in [0.29, 0.717) is 5.82 Å². The maximum atomic E-state index is 10.7. The molecule has 8 nitrogen and oxygen atoms in total. The first kappa shape index (κ1) is 14.3. The minimum absolute atomic E-state index is 0.202. The summed E-state index contributed by atoms with van der Waals surface area (Å²) in [4.78, 5) is 21.6. The summed E-state index contributed by atoms with van der Waals surface area (Å²) in [5, 5.41) is 3.92. The third-order valence-corrected chi connectivity index (χ3v) is 3.52. The van der Waals surface area contributed by atoms with Crippen LogP contribution >= 0.6 is 0 Å². The smallest absolute Gasteiger partial charge is 0.405 e. The van der Waals surface area contributed by atoms with Gasteiger partial charge in [-0.25, -0.2) is 9.78 Å². The van der Waals surface area contributed by atoms with Crippen LogP contribution in [0.1, 0.15) is 31.8 Å². The fourth-order valence-electron chi connectivity index (χ4n) is 2.42. The zero-order valence-electron chi connectivity index (χ0n) is 12.2. The van der Waals surface area contributed by atoms with Gasteiger partial charge in [0.25, 0.3) is 5.89 Å². The van der Waals surface area contributed by atoms with E-state index >= 15 is 0 Å². The average Bonchev–Trinajstić information content (AvgIpc) is 3.18. The molecular weight excluding hydrogens is 286 g/mol. The standard InChI is InChI=1S/C14H17N5O3/c1-9(21-14(15)20)13-17-12(18-22-13)10-4-5-16-11(8-10)19-6-2-3-7-19/h4-5,8-9H,2-3,6-7H2,1H3,(H2,15,20). The maximum Gasteiger partial charge on any atom is 0.405 e. The van der Waals surface area contributed by atoms with E-state index in [1.807, 2.05) is 12.1 Å². The number of rotatable bonds is 4. The summed E-state index contributed by atoms with van der Waals surface area (Å²) in [6.45, 7) is 3.64. The Kier molecular flexibility index (Phi) is 3.90. The predicted octanol–water partition coefficient (Wildman–Crippen LogP) is 1.89. The third-order valence-electron chi connectivity index (χ3n) is 3.52. The molecule has 1 atom stereocenters. The molecule has 116 valence electrons. The Balaban J connectivity index is 1.81. The molecule has 0 radical (unpaired) electrons. The molecule has 0 saturated carbocycles. The van der Waals surface area contributed by atoms with Crippen molar-refractivity contribution in [1.29, 1.82) is 0 Å². The number of primary amides is 1. The Hall–Kier alpha value is -2.64. The summed E-state index contributed by atoms with van der Waals surface area (Å²) in [7, 11) is 0. The highest BCUT2D eigenvalue weighted by atomic mass is 16.6. The summed E-state index contributed by atoms with van der Waals surface area (Å²) in [6, 6.07) is 3.74. The number of nitrogens with zero attached hydrogens (tertiary/aromatic N) is 4. The lowest BCUT2D eigenvalue weighted by atomic mass is 10.2. The van der Waals surface area contributed by atoms with E-state index in [1.54, 1.807) is 13.1 Å². The Labute approximate surface area is 127 Å². The van der Waals surface area contributed by atoms with E-state index in [-0.39, 0.29) is 5.89 Å². The van der Waals surface area contributed by atoms with E-state index in [1.165, 1.54) is 12.8 Å². The van der Waals surface area contributed by atoms with E-state index in [2.05, 4.69) is 20.0 Å². The first-order chi connectivity index (χ1) is 10.6. The fourth-order valence-corrected chi connectivity index (χ4v) is 2.42. The molecule has 0 aliphatic carbocycles. The van der Waals surface area contributed by atoms with Crippen LogP contribution in [-0.4, -0.2) is 34.3 Å². The van der Waals surface area contributed by atoms with Crippen molar-refractivity contribution in [3.8, 4) is 11.4 Å². The Morgan fingerprint density at radius 3 is 2.95 bits per heavy atom. The number of hydrogen-bond acceptors (Lipinski definition) is 7. The number of nitrogens with two attached hydrogens (primary N) is 1. The lowest BCUT2D eigenvalue weighted by molar-refractivity contribution is 0.0959. The van der Waals surface area contributed by atoms with Crippen LogP contribution in [0.25, 0.3) is 11.4 Å². The minimum Gasteiger partial charge on any atom is -0.437 e. The van der Waals surface area contributed by atoms with Crippen molar-refractivity contribution in [3.63, 3.8) is 0 Å². The van der Waals surface area contributed by atoms with Crippen LogP contribution in [0.15, 0.2) is 22.9 Å². The summed E-state index contributed by atoms with van der Waals surface area (Å²) in [5.41, 5.74) is 5.78. The van der Waals surface area contributed by atoms with Gasteiger partial charge in [0.2, 0.25) is 5.82 Å². The molecule has 1 aliphatic rings. The van der Waals surface area contributed by atoms with Gasteiger partial charge in [-0.15, -0.1) is 0 Å². The van der Waals surface area contributed by atoms with Crippen molar-refractivity contribution >= 4 is 11.9 Å². The zero-order valence-corrected chi connectivity index (χ0v) is 12.2. The molecule has 2 N–H and O–H groups in total. The van der Waals surface area contributed by atoms with Crippen LogP contribution in [0.5, 0.6) is 0 Å². The highest BCUT2D eigenvalue weighted by molar-refractivity contribution is 5.65. The summed E-state index contributed by atoms with van der Waals surface area (Å²) < 4.78 is 9.93. The van der Waals surface area contributed by atoms with Gasteiger partial charge in [-0.1, -0.05) is 5.16 Å². The molecule has 3 heterocycles. The first-order valence-electron chi connectivity index (χ1n) is 7.14. The number of carbonyl (C=O) groups is 1. The highest BCUT2D eigenvalue weighted by Gasteiger charge is 2.19. The first-order valence-corrected chi connectivity index (χ1v) is 7.14. The highest BCUT2D eigenvalue weighted by Crippen LogP contribution is 2.24. The molecule has 1 unspecified atom stereocenters. The second-order valence-electron chi connectivity index (χ2n) is 5.13. The molecule has 0 bridgehead atoms. The van der Waals surface area contributed by atoms with Gasteiger partial charge in [-0.2, -0.15) is 4.98 Å². The van der Waals surface area contributed by atoms with Crippen LogP contribution in [0.3, 0.4) is 0 Å². The number of carbonyl (C=O) groups excluding carboxylic acids is 1. The quantitative estimate of drug-likeness (QED) is 0.918. The second kappa shape index (κ2) is 6.00. The molecule has 2 aromatic heterocycles. The number of anilines is 1. The largest absolute Gasteiger partial charge is 0.437 e. The number of ether oxygens (including phenoxy) is 1. The average molecular weight is 303 g/mol. The van der Waals surface area contributed by atoms with Gasteiger partial charge in [0.1, 0.15) is 5.82 Å². The van der Waals surface area contributed by atoms with Gasteiger partial charge in [-0.3, -0.25) is 0 Å². The third kappa shape index (κ3) is 3.00. The molecular formula is C14H17N5O3. The van der Waals surface area contributed by atoms with Gasteiger partial charge in [-0.05, 0) is 31.9 Å². The Morgan fingerprint density at radius 2 is 2.23 bits per heavy atom. The van der Waals surface area contributed by atoms with E-state index < -0.39 is 12.2 Å². The molecule has 1 aliphatic heterocycles. The van der Waals surface area contributed by atoms with Crippen molar-refractivity contribution in [2.45, 2.75) is 25.9 Å². The molecule has 8 heteroatoms. The lowest BCUT2D eigenvalue weighted by Gasteiger charge is -2.16. The topological polar surface area (TPSA) is 107 Å². The molecule has 1 amide bonds. The molecule has 0 aromatic carbocycles. The van der Waals surface area contributed by atoms with Crippen molar-refractivity contribution in [3.05, 3.63) is 24.2 Å². The normalized spacial score (nSPS) is 15.8. The number of pyridine rings is 1. The molecule has 2 aromatic rings. The SMILES string of the molecule is CC(OC(N)=O)c1nc(-c2ccnc(N3CCCC3)c2)no1. The van der Waals surface area contributed by atoms with Crippen LogP contribution < -0.4 is 10.6 Å². The molecule has 1 saturated heterocycles. The minimum atomic E-state index is -0.882. The number of hydrogen-bond donors (Lipinski definition) is 1. The van der Waals surface area contributed by atoms with E-state index in [0.717, 1.165) is 24.5 Å². The molecule has 1 fully saturated rings. The van der Waals surface area contributed by atoms with Gasteiger partial charge >= 0.3 is 6.09 Å². The molecule has 0 spiro atoms. The van der Waals surface area contributed by atoms with Gasteiger partial charge in [0.05, 0.1) is 0 Å².